The summed E-state index contributed by atoms with van der Waals surface area (Å²) in [4.78, 5) is 20.2. The highest BCUT2D eigenvalue weighted by molar-refractivity contribution is 7.98. The van der Waals surface area contributed by atoms with E-state index in [0.29, 0.717) is 11.1 Å². The van der Waals surface area contributed by atoms with Crippen molar-refractivity contribution in [2.45, 2.75) is 10.9 Å². The first-order valence-electron chi connectivity index (χ1n) is 10.0. The SMILES string of the molecule is COc1cc(C=NNC(=O)c2ccc(CSc3nc4ccccc4[nH]3)cc2)cc(OC)c1O. The summed E-state index contributed by atoms with van der Waals surface area (Å²) in [7, 11) is 2.88. The number of hydrogen-bond acceptors (Lipinski definition) is 7. The van der Waals surface area contributed by atoms with Gasteiger partial charge in [-0.05, 0) is 42.0 Å². The Bertz CT molecular complexity index is 1240. The van der Waals surface area contributed by atoms with E-state index in [1.54, 1.807) is 36.0 Å². The zero-order valence-electron chi connectivity index (χ0n) is 18.0. The molecule has 0 unspecified atom stereocenters. The summed E-state index contributed by atoms with van der Waals surface area (Å²) in [5, 5.41) is 14.8. The predicted octanol–water partition coefficient (Wildman–Crippen LogP) is 4.34. The number of phenolic OH excluding ortho intramolecular Hbond substituents is 1. The lowest BCUT2D eigenvalue weighted by atomic mass is 10.1. The minimum Gasteiger partial charge on any atom is -0.502 e. The summed E-state index contributed by atoms with van der Waals surface area (Å²) in [5.74, 6) is 0.793. The summed E-state index contributed by atoms with van der Waals surface area (Å²) in [5.41, 5.74) is 6.61. The monoisotopic (exact) mass is 462 g/mol. The van der Waals surface area contributed by atoms with Gasteiger partial charge in [0.25, 0.3) is 5.91 Å². The number of carbonyl (C=O) groups is 1. The Kier molecular flexibility index (Phi) is 6.80. The number of thioether (sulfide) groups is 1. The van der Waals surface area contributed by atoms with Crippen LogP contribution in [0.15, 0.2) is 70.9 Å². The topological polar surface area (TPSA) is 109 Å². The minimum atomic E-state index is -0.333. The zero-order chi connectivity index (χ0) is 23.2. The third kappa shape index (κ3) is 5.27. The van der Waals surface area contributed by atoms with E-state index in [0.717, 1.165) is 27.5 Å². The van der Waals surface area contributed by atoms with E-state index in [1.165, 1.54) is 20.4 Å². The second-order valence-electron chi connectivity index (χ2n) is 7.02. The molecule has 33 heavy (non-hydrogen) atoms. The number of amides is 1. The Balaban J connectivity index is 1.34. The molecule has 4 rings (SSSR count). The van der Waals surface area contributed by atoms with Crippen LogP contribution in [-0.2, 0) is 5.75 Å². The number of fused-ring (bicyclic) bond motifs is 1. The highest BCUT2D eigenvalue weighted by Gasteiger charge is 2.11. The van der Waals surface area contributed by atoms with Gasteiger partial charge in [0.1, 0.15) is 0 Å². The number of benzene rings is 3. The van der Waals surface area contributed by atoms with Gasteiger partial charge in [0, 0.05) is 16.9 Å². The Morgan fingerprint density at radius 2 is 1.82 bits per heavy atom. The van der Waals surface area contributed by atoms with Crippen molar-refractivity contribution >= 4 is 34.9 Å². The van der Waals surface area contributed by atoms with Crippen molar-refractivity contribution in [2.75, 3.05) is 14.2 Å². The Morgan fingerprint density at radius 3 is 2.48 bits per heavy atom. The molecule has 0 saturated heterocycles. The van der Waals surface area contributed by atoms with E-state index in [-0.39, 0.29) is 23.2 Å². The number of hydrazone groups is 1. The molecule has 0 atom stereocenters. The molecule has 0 aliphatic carbocycles. The molecule has 168 valence electrons. The summed E-state index contributed by atoms with van der Waals surface area (Å²) in [6, 6.07) is 18.4. The average molecular weight is 463 g/mol. The lowest BCUT2D eigenvalue weighted by molar-refractivity contribution is 0.0955. The second kappa shape index (κ2) is 10.1. The standard InChI is InChI=1S/C24H22N4O4S/c1-31-20-11-16(12-21(32-2)22(20)29)13-25-28-23(30)17-9-7-15(8-10-17)14-33-24-26-18-5-3-4-6-19(18)27-24/h3-13,29H,14H2,1-2H3,(H,26,27)(H,28,30). The van der Waals surface area contributed by atoms with E-state index in [1.807, 2.05) is 36.4 Å². The van der Waals surface area contributed by atoms with E-state index < -0.39 is 0 Å². The molecule has 3 N–H and O–H groups in total. The van der Waals surface area contributed by atoms with E-state index in [9.17, 15) is 9.90 Å². The molecule has 1 aromatic heterocycles. The minimum absolute atomic E-state index is 0.0974. The van der Waals surface area contributed by atoms with Gasteiger partial charge in [0.15, 0.2) is 16.7 Å². The quantitative estimate of drug-likeness (QED) is 0.204. The molecule has 0 saturated carbocycles. The number of methoxy groups -OCH3 is 2. The van der Waals surface area contributed by atoms with Crippen LogP contribution in [0.3, 0.4) is 0 Å². The van der Waals surface area contributed by atoms with E-state index in [2.05, 4.69) is 20.5 Å². The van der Waals surface area contributed by atoms with Crippen LogP contribution in [0.5, 0.6) is 17.2 Å². The van der Waals surface area contributed by atoms with Crippen LogP contribution < -0.4 is 14.9 Å². The zero-order valence-corrected chi connectivity index (χ0v) is 18.8. The molecule has 0 radical (unpaired) electrons. The van der Waals surface area contributed by atoms with Crippen LogP contribution in [0.4, 0.5) is 0 Å². The molecule has 8 nitrogen and oxygen atoms in total. The van der Waals surface area contributed by atoms with Crippen molar-refractivity contribution in [1.29, 1.82) is 0 Å². The number of aromatic amines is 1. The van der Waals surface area contributed by atoms with Gasteiger partial charge in [0.2, 0.25) is 5.75 Å². The number of ether oxygens (including phenoxy) is 2. The van der Waals surface area contributed by atoms with Crippen LogP contribution in [0.1, 0.15) is 21.5 Å². The molecule has 4 aromatic rings. The number of nitrogens with one attached hydrogen (secondary N) is 2. The molecule has 0 spiro atoms. The van der Waals surface area contributed by atoms with E-state index in [4.69, 9.17) is 9.47 Å². The smallest absolute Gasteiger partial charge is 0.271 e. The number of aromatic hydroxyl groups is 1. The van der Waals surface area contributed by atoms with Crippen molar-refractivity contribution in [3.8, 4) is 17.2 Å². The number of rotatable bonds is 8. The highest BCUT2D eigenvalue weighted by atomic mass is 32.2. The van der Waals surface area contributed by atoms with Crippen molar-refractivity contribution in [3.63, 3.8) is 0 Å². The van der Waals surface area contributed by atoms with Gasteiger partial charge in [-0.3, -0.25) is 4.79 Å². The number of H-pyrrole nitrogens is 1. The summed E-state index contributed by atoms with van der Waals surface area (Å²) in [6.45, 7) is 0. The number of para-hydroxylation sites is 2. The first-order chi connectivity index (χ1) is 16.1. The van der Waals surface area contributed by atoms with Crippen LogP contribution in [0.25, 0.3) is 11.0 Å². The second-order valence-corrected chi connectivity index (χ2v) is 7.98. The molecule has 9 heteroatoms. The highest BCUT2D eigenvalue weighted by Crippen LogP contribution is 2.36. The lowest BCUT2D eigenvalue weighted by Crippen LogP contribution is -2.17. The Hall–Kier alpha value is -3.98. The summed E-state index contributed by atoms with van der Waals surface area (Å²) >= 11 is 1.60. The third-order valence-corrected chi connectivity index (χ3v) is 5.79. The van der Waals surface area contributed by atoms with Gasteiger partial charge in [-0.15, -0.1) is 0 Å². The maximum Gasteiger partial charge on any atom is 0.271 e. The largest absolute Gasteiger partial charge is 0.502 e. The van der Waals surface area contributed by atoms with Crippen molar-refractivity contribution in [1.82, 2.24) is 15.4 Å². The molecule has 0 aliphatic rings. The number of phenols is 1. The van der Waals surface area contributed by atoms with Crippen molar-refractivity contribution < 1.29 is 19.4 Å². The molecule has 1 heterocycles. The van der Waals surface area contributed by atoms with Crippen LogP contribution >= 0.6 is 11.8 Å². The number of nitrogens with zero attached hydrogens (tertiary/aromatic N) is 2. The third-order valence-electron chi connectivity index (χ3n) is 4.84. The predicted molar refractivity (Wildman–Crippen MR) is 128 cm³/mol. The van der Waals surface area contributed by atoms with Crippen molar-refractivity contribution in [2.24, 2.45) is 5.10 Å². The van der Waals surface area contributed by atoms with E-state index >= 15 is 0 Å². The molecule has 1 amide bonds. The van der Waals surface area contributed by atoms with Gasteiger partial charge in [-0.25, -0.2) is 10.4 Å². The fourth-order valence-corrected chi connectivity index (χ4v) is 3.96. The normalized spacial score (nSPS) is 11.1. The molecular formula is C24H22N4O4S. The number of aromatic nitrogens is 2. The van der Waals surface area contributed by atoms with Gasteiger partial charge < -0.3 is 19.6 Å². The average Bonchev–Trinajstić information content (AvgIpc) is 3.27. The van der Waals surface area contributed by atoms with Crippen LogP contribution in [0.2, 0.25) is 0 Å². The molecular weight excluding hydrogens is 440 g/mol. The Labute approximate surface area is 194 Å². The number of imidazole rings is 1. The van der Waals surface area contributed by atoms with Crippen molar-refractivity contribution in [3.05, 3.63) is 77.4 Å². The molecule has 0 fully saturated rings. The molecule has 0 bridgehead atoms. The number of carbonyl (C=O) groups excluding carboxylic acids is 1. The molecule has 0 aliphatic heterocycles. The fourth-order valence-electron chi connectivity index (χ4n) is 3.12. The first kappa shape index (κ1) is 22.2. The summed E-state index contributed by atoms with van der Waals surface area (Å²) < 4.78 is 10.2. The fraction of sp³-hybridized carbons (Fsp3) is 0.125. The van der Waals surface area contributed by atoms with Gasteiger partial charge in [-0.2, -0.15) is 5.10 Å². The van der Waals surface area contributed by atoms with Crippen LogP contribution in [-0.4, -0.2) is 41.4 Å². The van der Waals surface area contributed by atoms with Gasteiger partial charge in [-0.1, -0.05) is 36.0 Å². The summed E-state index contributed by atoms with van der Waals surface area (Å²) in [6.07, 6.45) is 1.45. The number of hydrogen-bond donors (Lipinski definition) is 3. The maximum atomic E-state index is 12.4. The Morgan fingerprint density at radius 1 is 1.12 bits per heavy atom. The van der Waals surface area contributed by atoms with Gasteiger partial charge in [0.05, 0.1) is 31.5 Å². The van der Waals surface area contributed by atoms with Crippen LogP contribution in [0, 0.1) is 0 Å². The first-order valence-corrected chi connectivity index (χ1v) is 11.0. The lowest BCUT2D eigenvalue weighted by Gasteiger charge is -2.09. The van der Waals surface area contributed by atoms with Gasteiger partial charge >= 0.3 is 0 Å². The molecule has 3 aromatic carbocycles. The maximum absolute atomic E-state index is 12.4.